The molecule has 1 aromatic carbocycles. The largest absolute Gasteiger partial charge is 0.381 e. The van der Waals surface area contributed by atoms with Crippen LogP contribution in [0.25, 0.3) is 0 Å². The Bertz CT molecular complexity index is 516. The van der Waals surface area contributed by atoms with Gasteiger partial charge in [0, 0.05) is 39.7 Å². The van der Waals surface area contributed by atoms with Gasteiger partial charge >= 0.3 is 0 Å². The molecule has 0 aromatic heterocycles. The molecule has 6 heteroatoms. The van der Waals surface area contributed by atoms with Crippen LogP contribution in [0.2, 0.25) is 0 Å². The molecule has 1 atom stereocenters. The number of rotatable bonds is 5. The number of hydrogen-bond donors (Lipinski definition) is 1. The first kappa shape index (κ1) is 16.7. The monoisotopic (exact) mass is 311 g/mol. The van der Waals surface area contributed by atoms with Gasteiger partial charge in [0.05, 0.1) is 6.61 Å². The van der Waals surface area contributed by atoms with Gasteiger partial charge in [-0.25, -0.2) is 8.78 Å². The zero-order valence-corrected chi connectivity index (χ0v) is 13.1. The van der Waals surface area contributed by atoms with Crippen molar-refractivity contribution in [2.45, 2.75) is 12.8 Å². The van der Waals surface area contributed by atoms with E-state index in [2.05, 4.69) is 10.3 Å². The maximum absolute atomic E-state index is 13.6. The van der Waals surface area contributed by atoms with Crippen LogP contribution in [-0.4, -0.2) is 51.3 Å². The third-order valence-electron chi connectivity index (χ3n) is 3.84. The highest BCUT2D eigenvalue weighted by Crippen LogP contribution is 2.13. The fourth-order valence-electron chi connectivity index (χ4n) is 2.64. The first-order chi connectivity index (χ1) is 10.6. The van der Waals surface area contributed by atoms with Crippen molar-refractivity contribution in [1.29, 1.82) is 0 Å². The van der Waals surface area contributed by atoms with Crippen LogP contribution in [0.4, 0.5) is 8.78 Å². The molecule has 0 spiro atoms. The van der Waals surface area contributed by atoms with Gasteiger partial charge < -0.3 is 15.0 Å². The molecule has 2 rings (SSSR count). The molecule has 4 nitrogen and oxygen atoms in total. The van der Waals surface area contributed by atoms with Crippen molar-refractivity contribution in [3.8, 4) is 0 Å². The smallest absolute Gasteiger partial charge is 0.193 e. The Kier molecular flexibility index (Phi) is 6.12. The summed E-state index contributed by atoms with van der Waals surface area (Å²) in [7, 11) is 3.68. The lowest BCUT2D eigenvalue weighted by atomic mass is 10.1. The molecule has 0 amide bonds. The molecule has 122 valence electrons. The maximum Gasteiger partial charge on any atom is 0.193 e. The summed E-state index contributed by atoms with van der Waals surface area (Å²) in [6.45, 7) is 2.98. The number of nitrogens with zero attached hydrogens (tertiary/aromatic N) is 2. The van der Waals surface area contributed by atoms with E-state index >= 15 is 0 Å². The molecule has 1 heterocycles. The molecular weight excluding hydrogens is 288 g/mol. The van der Waals surface area contributed by atoms with Gasteiger partial charge in [-0.15, -0.1) is 0 Å². The van der Waals surface area contributed by atoms with E-state index in [0.29, 0.717) is 24.4 Å². The van der Waals surface area contributed by atoms with Crippen molar-refractivity contribution in [1.82, 2.24) is 10.2 Å². The Morgan fingerprint density at radius 1 is 1.45 bits per heavy atom. The molecule has 1 aliphatic rings. The summed E-state index contributed by atoms with van der Waals surface area (Å²) in [6, 6.07) is 4.25. The second-order valence-electron chi connectivity index (χ2n) is 5.55. The van der Waals surface area contributed by atoms with E-state index in [0.717, 1.165) is 38.2 Å². The van der Waals surface area contributed by atoms with Gasteiger partial charge in [-0.1, -0.05) is 12.1 Å². The van der Waals surface area contributed by atoms with Crippen molar-refractivity contribution >= 4 is 5.96 Å². The summed E-state index contributed by atoms with van der Waals surface area (Å²) >= 11 is 0. The fraction of sp³-hybridized carbons (Fsp3) is 0.562. The number of nitrogens with one attached hydrogen (secondary N) is 1. The lowest BCUT2D eigenvalue weighted by Crippen LogP contribution is -2.42. The third kappa shape index (κ3) is 4.40. The van der Waals surface area contributed by atoms with Gasteiger partial charge in [0.1, 0.15) is 0 Å². The Labute approximate surface area is 130 Å². The van der Waals surface area contributed by atoms with Crippen molar-refractivity contribution in [2.75, 3.05) is 40.4 Å². The van der Waals surface area contributed by atoms with Crippen LogP contribution in [-0.2, 0) is 11.2 Å². The molecule has 1 aromatic rings. The Morgan fingerprint density at radius 2 is 2.27 bits per heavy atom. The van der Waals surface area contributed by atoms with Crippen LogP contribution in [0.1, 0.15) is 12.0 Å². The molecule has 0 saturated carbocycles. The van der Waals surface area contributed by atoms with Crippen LogP contribution in [0.3, 0.4) is 0 Å². The molecular formula is C16H23F2N3O. The summed E-state index contributed by atoms with van der Waals surface area (Å²) in [4.78, 5) is 6.27. The van der Waals surface area contributed by atoms with E-state index in [1.165, 1.54) is 6.07 Å². The van der Waals surface area contributed by atoms with E-state index in [9.17, 15) is 8.78 Å². The highest BCUT2D eigenvalue weighted by Gasteiger charge is 2.19. The number of halogens is 2. The van der Waals surface area contributed by atoms with Crippen molar-refractivity contribution < 1.29 is 13.5 Å². The average Bonchev–Trinajstić information content (AvgIpc) is 3.00. The van der Waals surface area contributed by atoms with E-state index in [-0.39, 0.29) is 0 Å². The number of ether oxygens (including phenoxy) is 1. The van der Waals surface area contributed by atoms with Crippen LogP contribution in [0.5, 0.6) is 0 Å². The maximum atomic E-state index is 13.6. The van der Waals surface area contributed by atoms with Gasteiger partial charge in [0.2, 0.25) is 0 Å². The predicted octanol–water partition coefficient (Wildman–Crippen LogP) is 2.05. The molecule has 22 heavy (non-hydrogen) atoms. The van der Waals surface area contributed by atoms with Crippen molar-refractivity contribution in [3.63, 3.8) is 0 Å². The lowest BCUT2D eigenvalue weighted by molar-refractivity contribution is 0.181. The average molecular weight is 311 g/mol. The Hall–Kier alpha value is -1.69. The van der Waals surface area contributed by atoms with Crippen molar-refractivity contribution in [2.24, 2.45) is 10.9 Å². The fourth-order valence-corrected chi connectivity index (χ4v) is 2.64. The highest BCUT2D eigenvalue weighted by molar-refractivity contribution is 5.79. The van der Waals surface area contributed by atoms with E-state index in [4.69, 9.17) is 4.74 Å². The number of hydrogen-bond acceptors (Lipinski definition) is 2. The van der Waals surface area contributed by atoms with Gasteiger partial charge in [-0.3, -0.25) is 4.99 Å². The molecule has 0 aliphatic carbocycles. The first-order valence-corrected chi connectivity index (χ1v) is 7.54. The second-order valence-corrected chi connectivity index (χ2v) is 5.55. The number of guanidine groups is 1. The van der Waals surface area contributed by atoms with Crippen LogP contribution in [0.15, 0.2) is 23.2 Å². The van der Waals surface area contributed by atoms with Gasteiger partial charge in [-0.2, -0.15) is 0 Å². The second kappa shape index (κ2) is 8.08. The number of aliphatic imine (C=N–C) groups is 1. The summed E-state index contributed by atoms with van der Waals surface area (Å²) in [6.07, 6.45) is 1.47. The summed E-state index contributed by atoms with van der Waals surface area (Å²) in [5.74, 6) is -0.302. The zero-order chi connectivity index (χ0) is 15.9. The van der Waals surface area contributed by atoms with Crippen LogP contribution >= 0.6 is 0 Å². The quantitative estimate of drug-likeness (QED) is 0.668. The van der Waals surface area contributed by atoms with Gasteiger partial charge in [-0.05, 0) is 24.5 Å². The van der Waals surface area contributed by atoms with Crippen LogP contribution in [0, 0.1) is 17.6 Å². The van der Waals surface area contributed by atoms with E-state index in [1.54, 1.807) is 13.1 Å². The molecule has 1 N–H and O–H groups in total. The topological polar surface area (TPSA) is 36.9 Å². The van der Waals surface area contributed by atoms with E-state index < -0.39 is 11.6 Å². The minimum atomic E-state index is -0.805. The Balaban J connectivity index is 1.82. The molecule has 0 radical (unpaired) electrons. The SMILES string of the molecule is CN=C(NCCc1cccc(F)c1F)N(C)CC1CCOC1. The van der Waals surface area contributed by atoms with Crippen molar-refractivity contribution in [3.05, 3.63) is 35.4 Å². The zero-order valence-electron chi connectivity index (χ0n) is 13.1. The minimum Gasteiger partial charge on any atom is -0.381 e. The first-order valence-electron chi connectivity index (χ1n) is 7.54. The standard InChI is InChI=1S/C16H23F2N3O/c1-19-16(21(2)10-12-7-9-22-11-12)20-8-6-13-4-3-5-14(17)15(13)18/h3-5,12H,6-11H2,1-2H3,(H,19,20). The number of benzene rings is 1. The van der Waals surface area contributed by atoms with Gasteiger partial charge in [0.15, 0.2) is 17.6 Å². The van der Waals surface area contributed by atoms with E-state index in [1.807, 2.05) is 11.9 Å². The summed E-state index contributed by atoms with van der Waals surface area (Å²) < 4.78 is 32.1. The van der Waals surface area contributed by atoms with Crippen LogP contribution < -0.4 is 5.32 Å². The molecule has 1 saturated heterocycles. The molecule has 1 fully saturated rings. The lowest BCUT2D eigenvalue weighted by Gasteiger charge is -2.24. The third-order valence-corrected chi connectivity index (χ3v) is 3.84. The minimum absolute atomic E-state index is 0.370. The summed E-state index contributed by atoms with van der Waals surface area (Å²) in [5, 5.41) is 3.18. The molecule has 1 aliphatic heterocycles. The summed E-state index contributed by atoms with van der Waals surface area (Å²) in [5.41, 5.74) is 0.370. The normalized spacial score (nSPS) is 18.5. The highest BCUT2D eigenvalue weighted by atomic mass is 19.2. The molecule has 0 bridgehead atoms. The van der Waals surface area contributed by atoms with Gasteiger partial charge in [0.25, 0.3) is 0 Å². The predicted molar refractivity (Wildman–Crippen MR) is 83.0 cm³/mol. The molecule has 1 unspecified atom stereocenters. The Morgan fingerprint density at radius 3 is 2.95 bits per heavy atom.